The molecule has 1 heterocycles. The Morgan fingerprint density at radius 2 is 1.90 bits per heavy atom. The van der Waals surface area contributed by atoms with Crippen molar-refractivity contribution in [3.63, 3.8) is 0 Å². The van der Waals surface area contributed by atoms with Crippen molar-refractivity contribution in [2.75, 3.05) is 0 Å². The van der Waals surface area contributed by atoms with Gasteiger partial charge in [-0.15, -0.1) is 0 Å². The Kier molecular flexibility index (Phi) is 5.51. The fourth-order valence-electron chi connectivity index (χ4n) is 2.31. The molecule has 0 spiro atoms. The van der Waals surface area contributed by atoms with Crippen LogP contribution in [0.5, 0.6) is 0 Å². The first-order valence-electron chi connectivity index (χ1n) is 7.28. The van der Waals surface area contributed by atoms with Gasteiger partial charge in [-0.1, -0.05) is 43.2 Å². The van der Waals surface area contributed by atoms with Gasteiger partial charge in [0, 0.05) is 6.20 Å². The van der Waals surface area contributed by atoms with Crippen molar-refractivity contribution < 1.29 is 4.79 Å². The summed E-state index contributed by atoms with van der Waals surface area (Å²) in [5, 5.41) is 0. The molecule has 5 heteroatoms. The number of nitrogens with two attached hydrogens (primary N) is 1. The monoisotopic (exact) mass is 287 g/mol. The van der Waals surface area contributed by atoms with E-state index in [0.717, 1.165) is 25.7 Å². The molecule has 0 aliphatic rings. The van der Waals surface area contributed by atoms with Gasteiger partial charge in [-0.2, -0.15) is 0 Å². The smallest absolute Gasteiger partial charge is 0.321 e. The molecular weight excluding hydrogens is 266 g/mol. The molecule has 0 saturated carbocycles. The molecular formula is C16H21N3O2. The molecule has 0 radical (unpaired) electrons. The molecule has 0 saturated heterocycles. The number of Topliss-reactive ketones (excluding diaryl/α,β-unsaturated/α-hetero) is 1. The predicted octanol–water partition coefficient (Wildman–Crippen LogP) is 2.02. The van der Waals surface area contributed by atoms with Crippen LogP contribution in [0.1, 0.15) is 41.7 Å². The Morgan fingerprint density at radius 3 is 2.57 bits per heavy atom. The lowest BCUT2D eigenvalue weighted by molar-refractivity contribution is 0.0951. The van der Waals surface area contributed by atoms with Crippen molar-refractivity contribution in [3.05, 3.63) is 58.3 Å². The van der Waals surface area contributed by atoms with Gasteiger partial charge in [0.25, 0.3) is 0 Å². The highest BCUT2D eigenvalue weighted by Crippen LogP contribution is 2.10. The molecule has 1 aromatic carbocycles. The SMILES string of the molecule is NC(CCCCCc1ccccc1)C(=O)c1c[nH]c(=O)[nH]1. The minimum atomic E-state index is -0.548. The first-order chi connectivity index (χ1) is 10.2. The minimum Gasteiger partial charge on any atom is -0.321 e. The van der Waals surface area contributed by atoms with Crippen LogP contribution in [0.3, 0.4) is 0 Å². The Hall–Kier alpha value is -2.14. The van der Waals surface area contributed by atoms with Crippen LogP contribution < -0.4 is 11.4 Å². The van der Waals surface area contributed by atoms with Crippen LogP contribution in [0, 0.1) is 0 Å². The van der Waals surface area contributed by atoms with Crippen molar-refractivity contribution >= 4 is 5.78 Å². The summed E-state index contributed by atoms with van der Waals surface area (Å²) in [6.07, 6.45) is 6.11. The van der Waals surface area contributed by atoms with Gasteiger partial charge in [0.2, 0.25) is 0 Å². The first-order valence-corrected chi connectivity index (χ1v) is 7.28. The number of aryl methyl sites for hydroxylation is 1. The van der Waals surface area contributed by atoms with Gasteiger partial charge in [0.05, 0.1) is 6.04 Å². The maximum absolute atomic E-state index is 11.9. The van der Waals surface area contributed by atoms with Crippen molar-refractivity contribution in [2.45, 2.75) is 38.1 Å². The molecule has 112 valence electrons. The van der Waals surface area contributed by atoms with E-state index in [-0.39, 0.29) is 17.2 Å². The second-order valence-corrected chi connectivity index (χ2v) is 5.21. The van der Waals surface area contributed by atoms with Crippen LogP contribution in [0.15, 0.2) is 41.3 Å². The largest absolute Gasteiger partial charge is 0.323 e. The molecule has 1 unspecified atom stereocenters. The molecule has 0 aliphatic carbocycles. The van der Waals surface area contributed by atoms with E-state index in [4.69, 9.17) is 5.73 Å². The van der Waals surface area contributed by atoms with Crippen LogP contribution in [-0.4, -0.2) is 21.8 Å². The van der Waals surface area contributed by atoms with Crippen molar-refractivity contribution in [2.24, 2.45) is 5.73 Å². The zero-order chi connectivity index (χ0) is 15.1. The number of H-pyrrole nitrogens is 2. The van der Waals surface area contributed by atoms with Crippen molar-refractivity contribution in [3.8, 4) is 0 Å². The average Bonchev–Trinajstić information content (AvgIpc) is 2.93. The lowest BCUT2D eigenvalue weighted by atomic mass is 10.0. The first kappa shape index (κ1) is 15.3. The van der Waals surface area contributed by atoms with E-state index in [1.165, 1.54) is 11.8 Å². The van der Waals surface area contributed by atoms with Crippen LogP contribution in [0.4, 0.5) is 0 Å². The van der Waals surface area contributed by atoms with Crippen LogP contribution >= 0.6 is 0 Å². The summed E-state index contributed by atoms with van der Waals surface area (Å²) in [5.74, 6) is -0.212. The average molecular weight is 287 g/mol. The molecule has 0 bridgehead atoms. The number of hydrogen-bond donors (Lipinski definition) is 3. The Morgan fingerprint density at radius 1 is 1.14 bits per heavy atom. The van der Waals surface area contributed by atoms with E-state index in [0.29, 0.717) is 6.42 Å². The number of aromatic amines is 2. The van der Waals surface area contributed by atoms with Gasteiger partial charge in [-0.3, -0.25) is 4.79 Å². The molecule has 1 atom stereocenters. The fourth-order valence-corrected chi connectivity index (χ4v) is 2.31. The molecule has 4 N–H and O–H groups in total. The number of carbonyl (C=O) groups is 1. The Bertz CT molecular complexity index is 616. The highest BCUT2D eigenvalue weighted by atomic mass is 16.1. The Balaban J connectivity index is 1.66. The number of imidazole rings is 1. The van der Waals surface area contributed by atoms with Gasteiger partial charge >= 0.3 is 5.69 Å². The number of hydrogen-bond acceptors (Lipinski definition) is 3. The molecule has 2 aromatic rings. The van der Waals surface area contributed by atoms with Crippen LogP contribution in [0.25, 0.3) is 0 Å². The standard InChI is InChI=1S/C16H21N3O2/c17-13(15(20)14-11-18-16(21)19-14)10-6-2-5-9-12-7-3-1-4-8-12/h1,3-4,7-8,11,13H,2,5-6,9-10,17H2,(H2,18,19,21). The molecule has 0 aliphatic heterocycles. The second-order valence-electron chi connectivity index (χ2n) is 5.21. The van der Waals surface area contributed by atoms with E-state index in [1.807, 2.05) is 18.2 Å². The molecule has 2 rings (SSSR count). The van der Waals surface area contributed by atoms with Gasteiger partial charge in [-0.05, 0) is 24.8 Å². The van der Waals surface area contributed by atoms with Gasteiger partial charge in [0.1, 0.15) is 5.69 Å². The summed E-state index contributed by atoms with van der Waals surface area (Å²) in [6.45, 7) is 0. The van der Waals surface area contributed by atoms with E-state index < -0.39 is 6.04 Å². The second kappa shape index (κ2) is 7.59. The third-order valence-corrected chi connectivity index (χ3v) is 3.52. The zero-order valence-corrected chi connectivity index (χ0v) is 12.0. The van der Waals surface area contributed by atoms with Crippen molar-refractivity contribution in [1.82, 2.24) is 9.97 Å². The van der Waals surface area contributed by atoms with E-state index >= 15 is 0 Å². The lowest BCUT2D eigenvalue weighted by Crippen LogP contribution is -2.31. The summed E-state index contributed by atoms with van der Waals surface area (Å²) in [7, 11) is 0. The van der Waals surface area contributed by atoms with E-state index in [1.54, 1.807) is 0 Å². The third-order valence-electron chi connectivity index (χ3n) is 3.52. The highest BCUT2D eigenvalue weighted by Gasteiger charge is 2.16. The van der Waals surface area contributed by atoms with Crippen LogP contribution in [0.2, 0.25) is 0 Å². The maximum atomic E-state index is 11.9. The number of benzene rings is 1. The summed E-state index contributed by atoms with van der Waals surface area (Å²) in [4.78, 5) is 27.7. The molecule has 0 amide bonds. The Labute approximate surface area is 123 Å². The third kappa shape index (κ3) is 4.72. The van der Waals surface area contributed by atoms with Gasteiger partial charge in [-0.25, -0.2) is 4.79 Å². The number of nitrogens with one attached hydrogen (secondary N) is 2. The number of rotatable bonds is 8. The summed E-state index contributed by atoms with van der Waals surface area (Å²) >= 11 is 0. The minimum absolute atomic E-state index is 0.212. The predicted molar refractivity (Wildman–Crippen MR) is 82.3 cm³/mol. The van der Waals surface area contributed by atoms with Gasteiger partial charge < -0.3 is 15.7 Å². The van der Waals surface area contributed by atoms with E-state index in [9.17, 15) is 9.59 Å². The quantitative estimate of drug-likeness (QED) is 0.512. The lowest BCUT2D eigenvalue weighted by Gasteiger charge is -2.09. The summed E-state index contributed by atoms with van der Waals surface area (Å²) < 4.78 is 0. The normalized spacial score (nSPS) is 12.2. The van der Waals surface area contributed by atoms with Crippen LogP contribution in [-0.2, 0) is 6.42 Å². The van der Waals surface area contributed by atoms with Crippen molar-refractivity contribution in [1.29, 1.82) is 0 Å². The molecule has 21 heavy (non-hydrogen) atoms. The highest BCUT2D eigenvalue weighted by molar-refractivity contribution is 5.98. The maximum Gasteiger partial charge on any atom is 0.323 e. The number of carbonyl (C=O) groups excluding carboxylic acids is 1. The number of unbranched alkanes of at least 4 members (excludes halogenated alkanes) is 2. The number of ketones is 1. The van der Waals surface area contributed by atoms with Gasteiger partial charge in [0.15, 0.2) is 5.78 Å². The fraction of sp³-hybridized carbons (Fsp3) is 0.375. The molecule has 5 nitrogen and oxygen atoms in total. The van der Waals surface area contributed by atoms with E-state index in [2.05, 4.69) is 22.1 Å². The topological polar surface area (TPSA) is 91.7 Å². The summed E-state index contributed by atoms with van der Waals surface area (Å²) in [6, 6.07) is 9.80. The molecule has 0 fully saturated rings. The zero-order valence-electron chi connectivity index (χ0n) is 12.0. The molecule has 1 aromatic heterocycles. The summed E-state index contributed by atoms with van der Waals surface area (Å²) in [5.41, 5.74) is 7.08. The number of aromatic nitrogens is 2.